The molecular weight excluding hydrogens is 356 g/mol. The first kappa shape index (κ1) is 19.2. The zero-order valence-corrected chi connectivity index (χ0v) is 16.0. The number of nitrogens with one attached hydrogen (secondary N) is 1. The molecule has 0 aliphatic carbocycles. The predicted molar refractivity (Wildman–Crippen MR) is 108 cm³/mol. The molecule has 144 valence electrons. The number of methoxy groups -OCH3 is 2. The van der Waals surface area contributed by atoms with Crippen molar-refractivity contribution < 1.29 is 14.3 Å². The van der Waals surface area contributed by atoms with Crippen LogP contribution in [0.1, 0.15) is 16.1 Å². The average molecular weight is 378 g/mol. The van der Waals surface area contributed by atoms with Crippen LogP contribution in [0, 0.1) is 0 Å². The van der Waals surface area contributed by atoms with E-state index in [9.17, 15) is 4.79 Å². The molecule has 1 heterocycles. The van der Waals surface area contributed by atoms with Crippen molar-refractivity contribution in [2.75, 3.05) is 31.5 Å². The quantitative estimate of drug-likeness (QED) is 0.679. The molecule has 0 spiro atoms. The molecule has 7 nitrogen and oxygen atoms in total. The minimum atomic E-state index is -0.358. The molecule has 28 heavy (non-hydrogen) atoms. The lowest BCUT2D eigenvalue weighted by molar-refractivity contribution is 0.102. The Kier molecular flexibility index (Phi) is 6.06. The zero-order valence-electron chi connectivity index (χ0n) is 16.0. The van der Waals surface area contributed by atoms with E-state index in [-0.39, 0.29) is 11.6 Å². The Morgan fingerprint density at radius 3 is 2.54 bits per heavy atom. The number of hydrogen-bond acceptors (Lipinski definition) is 6. The minimum Gasteiger partial charge on any atom is -0.497 e. The molecule has 1 amide bonds. The fourth-order valence-corrected chi connectivity index (χ4v) is 2.72. The maximum Gasteiger partial charge on any atom is 0.274 e. The normalized spacial score (nSPS) is 10.2. The smallest absolute Gasteiger partial charge is 0.274 e. The minimum absolute atomic E-state index is 0.259. The van der Waals surface area contributed by atoms with Crippen LogP contribution in [-0.2, 0) is 6.54 Å². The second-order valence-corrected chi connectivity index (χ2v) is 6.12. The molecule has 0 fully saturated rings. The van der Waals surface area contributed by atoms with Gasteiger partial charge in [-0.1, -0.05) is 30.3 Å². The highest BCUT2D eigenvalue weighted by atomic mass is 16.5. The first-order valence-corrected chi connectivity index (χ1v) is 8.71. The number of ether oxygens (including phenoxy) is 2. The van der Waals surface area contributed by atoms with Crippen LogP contribution in [0.15, 0.2) is 60.9 Å². The summed E-state index contributed by atoms with van der Waals surface area (Å²) in [6, 6.07) is 16.9. The van der Waals surface area contributed by atoms with Gasteiger partial charge in [-0.25, -0.2) is 9.97 Å². The predicted octanol–water partition coefficient (Wildman–Crippen LogP) is 3.38. The lowest BCUT2D eigenvalue weighted by Gasteiger charge is -2.18. The standard InChI is InChI=1S/C21H22N4O3/c1-25(13-15-7-5-4-6-8-15)20-12-18(22-14-23-20)21(26)24-17-11-16(27-2)9-10-19(17)28-3/h4-12,14H,13H2,1-3H3,(H,24,26). The second kappa shape index (κ2) is 8.85. The van der Waals surface area contributed by atoms with E-state index < -0.39 is 0 Å². The summed E-state index contributed by atoms with van der Waals surface area (Å²) in [6.45, 7) is 0.669. The van der Waals surface area contributed by atoms with Gasteiger partial charge < -0.3 is 19.7 Å². The van der Waals surface area contributed by atoms with Gasteiger partial charge in [-0.3, -0.25) is 4.79 Å². The van der Waals surface area contributed by atoms with Crippen LogP contribution < -0.4 is 19.7 Å². The summed E-state index contributed by atoms with van der Waals surface area (Å²) >= 11 is 0. The fraction of sp³-hybridized carbons (Fsp3) is 0.190. The Morgan fingerprint density at radius 1 is 1.04 bits per heavy atom. The molecule has 0 atom stereocenters. The van der Waals surface area contributed by atoms with Crippen molar-refractivity contribution in [3.05, 3.63) is 72.2 Å². The van der Waals surface area contributed by atoms with Crippen molar-refractivity contribution in [3.63, 3.8) is 0 Å². The molecule has 0 aliphatic rings. The number of amides is 1. The van der Waals surface area contributed by atoms with Crippen LogP contribution in [0.5, 0.6) is 11.5 Å². The molecule has 3 rings (SSSR count). The van der Waals surface area contributed by atoms with Gasteiger partial charge >= 0.3 is 0 Å². The summed E-state index contributed by atoms with van der Waals surface area (Å²) in [5.41, 5.74) is 1.91. The van der Waals surface area contributed by atoms with Gasteiger partial charge in [0.05, 0.1) is 19.9 Å². The molecular formula is C21H22N4O3. The van der Waals surface area contributed by atoms with E-state index in [0.29, 0.717) is 29.5 Å². The number of carbonyl (C=O) groups is 1. The SMILES string of the molecule is COc1ccc(OC)c(NC(=O)c2cc(N(C)Cc3ccccc3)ncn2)c1. The third-order valence-electron chi connectivity index (χ3n) is 4.19. The molecule has 0 aliphatic heterocycles. The number of hydrogen-bond donors (Lipinski definition) is 1. The van der Waals surface area contributed by atoms with Crippen LogP contribution in [0.2, 0.25) is 0 Å². The van der Waals surface area contributed by atoms with Crippen molar-refractivity contribution in [2.24, 2.45) is 0 Å². The third kappa shape index (κ3) is 4.56. The lowest BCUT2D eigenvalue weighted by Crippen LogP contribution is -2.20. The summed E-state index contributed by atoms with van der Waals surface area (Å²) in [4.78, 5) is 23.0. The molecule has 1 N–H and O–H groups in total. The van der Waals surface area contributed by atoms with E-state index in [1.54, 1.807) is 38.5 Å². The van der Waals surface area contributed by atoms with Crippen molar-refractivity contribution >= 4 is 17.4 Å². The van der Waals surface area contributed by atoms with Crippen LogP contribution in [-0.4, -0.2) is 37.1 Å². The lowest BCUT2D eigenvalue weighted by atomic mass is 10.2. The fourth-order valence-electron chi connectivity index (χ4n) is 2.72. The first-order valence-electron chi connectivity index (χ1n) is 8.71. The van der Waals surface area contributed by atoms with Gasteiger partial charge in [0, 0.05) is 25.7 Å². The first-order chi connectivity index (χ1) is 13.6. The molecule has 2 aromatic carbocycles. The van der Waals surface area contributed by atoms with Gasteiger partial charge in [0.15, 0.2) is 0 Å². The van der Waals surface area contributed by atoms with E-state index in [2.05, 4.69) is 15.3 Å². The molecule has 0 unspecified atom stereocenters. The molecule has 1 aromatic heterocycles. The molecule has 0 bridgehead atoms. The number of anilines is 2. The van der Waals surface area contributed by atoms with Gasteiger partial charge in [-0.2, -0.15) is 0 Å². The van der Waals surface area contributed by atoms with Crippen molar-refractivity contribution in [1.29, 1.82) is 0 Å². The molecule has 0 saturated heterocycles. The second-order valence-electron chi connectivity index (χ2n) is 6.12. The Balaban J connectivity index is 1.77. The van der Waals surface area contributed by atoms with E-state index >= 15 is 0 Å². The number of rotatable bonds is 7. The van der Waals surface area contributed by atoms with Crippen LogP contribution in [0.3, 0.4) is 0 Å². The van der Waals surface area contributed by atoms with Crippen LogP contribution in [0.4, 0.5) is 11.5 Å². The monoisotopic (exact) mass is 378 g/mol. The number of aromatic nitrogens is 2. The van der Waals surface area contributed by atoms with Crippen LogP contribution >= 0.6 is 0 Å². The van der Waals surface area contributed by atoms with Gasteiger partial charge in [-0.15, -0.1) is 0 Å². The highest BCUT2D eigenvalue weighted by Gasteiger charge is 2.14. The highest BCUT2D eigenvalue weighted by molar-refractivity contribution is 6.04. The number of carbonyl (C=O) groups excluding carboxylic acids is 1. The average Bonchev–Trinajstić information content (AvgIpc) is 2.74. The highest BCUT2D eigenvalue weighted by Crippen LogP contribution is 2.29. The maximum absolute atomic E-state index is 12.7. The summed E-state index contributed by atoms with van der Waals surface area (Å²) < 4.78 is 10.5. The number of nitrogens with zero attached hydrogens (tertiary/aromatic N) is 3. The summed E-state index contributed by atoms with van der Waals surface area (Å²) in [5.74, 6) is 1.44. The van der Waals surface area contributed by atoms with Gasteiger partial charge in [-0.05, 0) is 17.7 Å². The summed E-state index contributed by atoms with van der Waals surface area (Å²) in [6.07, 6.45) is 1.38. The van der Waals surface area contributed by atoms with Gasteiger partial charge in [0.1, 0.15) is 29.3 Å². The molecule has 3 aromatic rings. The summed E-state index contributed by atoms with van der Waals surface area (Å²) in [7, 11) is 5.02. The van der Waals surface area contributed by atoms with Gasteiger partial charge in [0.25, 0.3) is 5.91 Å². The Hall–Kier alpha value is -3.61. The van der Waals surface area contributed by atoms with Crippen molar-refractivity contribution in [3.8, 4) is 11.5 Å². The Morgan fingerprint density at radius 2 is 1.82 bits per heavy atom. The molecule has 0 radical (unpaired) electrons. The van der Waals surface area contributed by atoms with Crippen molar-refractivity contribution in [1.82, 2.24) is 9.97 Å². The van der Waals surface area contributed by atoms with Crippen molar-refractivity contribution in [2.45, 2.75) is 6.54 Å². The maximum atomic E-state index is 12.7. The molecule has 7 heteroatoms. The van der Waals surface area contributed by atoms with Crippen LogP contribution in [0.25, 0.3) is 0 Å². The summed E-state index contributed by atoms with van der Waals surface area (Å²) in [5, 5.41) is 2.82. The Bertz CT molecular complexity index is 947. The largest absolute Gasteiger partial charge is 0.497 e. The van der Waals surface area contributed by atoms with Gasteiger partial charge in [0.2, 0.25) is 0 Å². The Labute approximate surface area is 164 Å². The van der Waals surface area contributed by atoms with E-state index in [0.717, 1.165) is 5.56 Å². The topological polar surface area (TPSA) is 76.6 Å². The number of benzene rings is 2. The van der Waals surface area contributed by atoms with E-state index in [1.165, 1.54) is 6.33 Å². The molecule has 0 saturated carbocycles. The van der Waals surface area contributed by atoms with E-state index in [1.807, 2.05) is 42.3 Å². The zero-order chi connectivity index (χ0) is 19.9. The third-order valence-corrected chi connectivity index (χ3v) is 4.19. The van der Waals surface area contributed by atoms with E-state index in [4.69, 9.17) is 9.47 Å².